The zero-order valence-electron chi connectivity index (χ0n) is 11.2. The highest BCUT2D eigenvalue weighted by molar-refractivity contribution is 8.14. The summed E-state index contributed by atoms with van der Waals surface area (Å²) in [6, 6.07) is 6.50. The Bertz CT molecular complexity index is 560. The van der Waals surface area contributed by atoms with Crippen molar-refractivity contribution in [1.29, 1.82) is 0 Å². The van der Waals surface area contributed by atoms with Crippen LogP contribution >= 0.6 is 11.8 Å². The molecule has 1 amide bonds. The van der Waals surface area contributed by atoms with Crippen molar-refractivity contribution in [1.82, 2.24) is 10.7 Å². The van der Waals surface area contributed by atoms with Crippen LogP contribution in [0.15, 0.2) is 29.4 Å². The Morgan fingerprint density at radius 1 is 1.40 bits per heavy atom. The Kier molecular flexibility index (Phi) is 4.62. The Labute approximate surface area is 121 Å². The SMILES string of the molecule is CCC1NN=C(NC(=O)c2ccccc2C(=O)OC)S1. The average molecular weight is 293 g/mol. The van der Waals surface area contributed by atoms with Gasteiger partial charge in [0, 0.05) is 0 Å². The molecule has 0 radical (unpaired) electrons. The smallest absolute Gasteiger partial charge is 0.338 e. The van der Waals surface area contributed by atoms with Crippen molar-refractivity contribution in [3.8, 4) is 0 Å². The zero-order chi connectivity index (χ0) is 14.5. The van der Waals surface area contributed by atoms with E-state index in [1.807, 2.05) is 6.92 Å². The monoisotopic (exact) mass is 293 g/mol. The van der Waals surface area contributed by atoms with Crippen molar-refractivity contribution in [3.63, 3.8) is 0 Å². The third-order valence-electron chi connectivity index (χ3n) is 2.73. The van der Waals surface area contributed by atoms with Crippen LogP contribution in [0.1, 0.15) is 34.1 Å². The van der Waals surface area contributed by atoms with Crippen LogP contribution in [0.25, 0.3) is 0 Å². The number of amidine groups is 1. The third-order valence-corrected chi connectivity index (χ3v) is 3.87. The zero-order valence-corrected chi connectivity index (χ0v) is 12.0. The number of nitrogens with one attached hydrogen (secondary N) is 2. The van der Waals surface area contributed by atoms with Gasteiger partial charge in [0.05, 0.1) is 23.6 Å². The van der Waals surface area contributed by atoms with Crippen LogP contribution in [0.2, 0.25) is 0 Å². The summed E-state index contributed by atoms with van der Waals surface area (Å²) < 4.78 is 4.66. The maximum Gasteiger partial charge on any atom is 0.338 e. The van der Waals surface area contributed by atoms with Crippen molar-refractivity contribution >= 4 is 28.8 Å². The van der Waals surface area contributed by atoms with Crippen LogP contribution in [0.3, 0.4) is 0 Å². The van der Waals surface area contributed by atoms with E-state index in [0.29, 0.717) is 5.17 Å². The molecule has 6 nitrogen and oxygen atoms in total. The Morgan fingerprint density at radius 2 is 2.10 bits per heavy atom. The van der Waals surface area contributed by atoms with Crippen molar-refractivity contribution in [2.24, 2.45) is 5.10 Å². The number of rotatable bonds is 3. The van der Waals surface area contributed by atoms with Crippen LogP contribution < -0.4 is 10.7 Å². The first-order valence-corrected chi connectivity index (χ1v) is 7.02. The van der Waals surface area contributed by atoms with Gasteiger partial charge in [-0.25, -0.2) is 4.79 Å². The third kappa shape index (κ3) is 3.11. The van der Waals surface area contributed by atoms with E-state index in [2.05, 4.69) is 20.6 Å². The van der Waals surface area contributed by atoms with Crippen molar-refractivity contribution in [2.75, 3.05) is 7.11 Å². The van der Waals surface area contributed by atoms with Gasteiger partial charge in [-0.3, -0.25) is 15.5 Å². The number of methoxy groups -OCH3 is 1. The molecule has 1 atom stereocenters. The van der Waals surface area contributed by atoms with E-state index < -0.39 is 5.97 Å². The van der Waals surface area contributed by atoms with Crippen molar-refractivity contribution in [2.45, 2.75) is 18.7 Å². The van der Waals surface area contributed by atoms with Gasteiger partial charge in [-0.05, 0) is 18.6 Å². The standard InChI is InChI=1S/C13H15N3O3S/c1-3-10-15-16-13(20-10)14-11(17)8-6-4-5-7-9(8)12(18)19-2/h4-7,10,15H,3H2,1-2H3,(H,14,16,17). The number of esters is 1. The number of hydrogen-bond acceptors (Lipinski definition) is 6. The minimum absolute atomic E-state index is 0.168. The highest BCUT2D eigenvalue weighted by Crippen LogP contribution is 2.18. The molecule has 7 heteroatoms. The molecule has 0 fully saturated rings. The number of nitrogens with zero attached hydrogens (tertiary/aromatic N) is 1. The molecule has 0 aliphatic carbocycles. The van der Waals surface area contributed by atoms with E-state index in [1.165, 1.54) is 18.9 Å². The highest BCUT2D eigenvalue weighted by Gasteiger charge is 2.22. The summed E-state index contributed by atoms with van der Waals surface area (Å²) in [4.78, 5) is 23.8. The predicted octanol–water partition coefficient (Wildman–Crippen LogP) is 1.55. The van der Waals surface area contributed by atoms with Crippen molar-refractivity contribution in [3.05, 3.63) is 35.4 Å². The lowest BCUT2D eigenvalue weighted by atomic mass is 10.1. The number of hydrazone groups is 1. The van der Waals surface area contributed by atoms with Crippen LogP contribution in [-0.4, -0.2) is 29.5 Å². The van der Waals surface area contributed by atoms with Gasteiger partial charge in [-0.1, -0.05) is 30.8 Å². The molecule has 106 valence electrons. The first-order chi connectivity index (χ1) is 9.65. The first kappa shape index (κ1) is 14.4. The Morgan fingerprint density at radius 3 is 2.70 bits per heavy atom. The summed E-state index contributed by atoms with van der Waals surface area (Å²) in [6.07, 6.45) is 0.895. The van der Waals surface area contributed by atoms with Gasteiger partial charge in [0.1, 0.15) is 0 Å². The highest BCUT2D eigenvalue weighted by atomic mass is 32.2. The lowest BCUT2D eigenvalue weighted by Crippen LogP contribution is -2.29. The molecule has 20 heavy (non-hydrogen) atoms. The van der Waals surface area contributed by atoms with Gasteiger partial charge in [0.15, 0.2) is 5.17 Å². The number of ether oxygens (including phenoxy) is 1. The van der Waals surface area contributed by atoms with E-state index in [0.717, 1.165) is 6.42 Å². The number of thioether (sulfide) groups is 1. The summed E-state index contributed by atoms with van der Waals surface area (Å²) >= 11 is 1.44. The molecule has 0 saturated carbocycles. The average Bonchev–Trinajstić information content (AvgIpc) is 2.94. The van der Waals surface area contributed by atoms with Gasteiger partial charge in [-0.15, -0.1) is 0 Å². The van der Waals surface area contributed by atoms with Gasteiger partial charge in [0.2, 0.25) is 0 Å². The molecule has 2 N–H and O–H groups in total. The topological polar surface area (TPSA) is 79.8 Å². The molecule has 1 unspecified atom stereocenters. The minimum Gasteiger partial charge on any atom is -0.465 e. The summed E-state index contributed by atoms with van der Waals surface area (Å²) in [5.74, 6) is -0.919. The van der Waals surface area contributed by atoms with E-state index in [4.69, 9.17) is 0 Å². The molecular weight excluding hydrogens is 278 g/mol. The Hall–Kier alpha value is -2.02. The second-order valence-electron chi connectivity index (χ2n) is 4.05. The number of benzene rings is 1. The van der Waals surface area contributed by atoms with E-state index in [9.17, 15) is 9.59 Å². The van der Waals surface area contributed by atoms with Crippen LogP contribution in [0, 0.1) is 0 Å². The maximum absolute atomic E-state index is 12.2. The Balaban J connectivity index is 2.12. The number of carbonyl (C=O) groups excluding carboxylic acids is 2. The van der Waals surface area contributed by atoms with Crippen LogP contribution in [0.4, 0.5) is 0 Å². The molecular formula is C13H15N3O3S. The van der Waals surface area contributed by atoms with E-state index in [1.54, 1.807) is 24.3 Å². The molecule has 1 aliphatic heterocycles. The summed E-state index contributed by atoms with van der Waals surface area (Å²) in [6.45, 7) is 2.03. The molecule has 0 saturated heterocycles. The van der Waals surface area contributed by atoms with E-state index in [-0.39, 0.29) is 22.4 Å². The first-order valence-electron chi connectivity index (χ1n) is 6.14. The molecule has 2 rings (SSSR count). The molecule has 0 aromatic heterocycles. The quantitative estimate of drug-likeness (QED) is 0.827. The number of amides is 1. The van der Waals surface area contributed by atoms with Crippen LogP contribution in [0.5, 0.6) is 0 Å². The largest absolute Gasteiger partial charge is 0.465 e. The second kappa shape index (κ2) is 6.42. The molecule has 0 bridgehead atoms. The normalized spacial score (nSPS) is 17.1. The fourth-order valence-corrected chi connectivity index (χ4v) is 2.48. The fraction of sp³-hybridized carbons (Fsp3) is 0.308. The fourth-order valence-electron chi connectivity index (χ4n) is 1.68. The molecule has 1 aromatic carbocycles. The molecule has 1 aromatic rings. The van der Waals surface area contributed by atoms with Gasteiger partial charge in [0.25, 0.3) is 5.91 Å². The predicted molar refractivity (Wildman–Crippen MR) is 77.5 cm³/mol. The van der Waals surface area contributed by atoms with Gasteiger partial charge < -0.3 is 4.74 Å². The van der Waals surface area contributed by atoms with Gasteiger partial charge in [-0.2, -0.15) is 5.10 Å². The minimum atomic E-state index is -0.540. The molecule has 1 aliphatic rings. The molecule has 1 heterocycles. The van der Waals surface area contributed by atoms with Crippen molar-refractivity contribution < 1.29 is 14.3 Å². The second-order valence-corrected chi connectivity index (χ2v) is 5.24. The number of hydrogen-bond donors (Lipinski definition) is 2. The lowest BCUT2D eigenvalue weighted by molar-refractivity contribution is 0.0596. The lowest BCUT2D eigenvalue weighted by Gasteiger charge is -2.08. The summed E-state index contributed by atoms with van der Waals surface area (Å²) in [7, 11) is 1.28. The summed E-state index contributed by atoms with van der Waals surface area (Å²) in [5, 5.41) is 7.38. The van der Waals surface area contributed by atoms with E-state index >= 15 is 0 Å². The maximum atomic E-state index is 12.2. The number of carbonyl (C=O) groups is 2. The molecule has 0 spiro atoms. The van der Waals surface area contributed by atoms with Crippen LogP contribution in [-0.2, 0) is 4.74 Å². The van der Waals surface area contributed by atoms with Gasteiger partial charge >= 0.3 is 5.97 Å². The summed E-state index contributed by atoms with van der Waals surface area (Å²) in [5.41, 5.74) is 3.41.